The van der Waals surface area contributed by atoms with Crippen LogP contribution in [0.1, 0.15) is 11.3 Å². The molecule has 0 fully saturated rings. The molecule has 2 rings (SSSR count). The molecule has 0 saturated carbocycles. The second-order valence-corrected chi connectivity index (χ2v) is 3.67. The van der Waals surface area contributed by atoms with Gasteiger partial charge in [-0.1, -0.05) is 12.1 Å². The van der Waals surface area contributed by atoms with Crippen LogP contribution in [0.15, 0.2) is 36.8 Å². The first-order valence-electron chi connectivity index (χ1n) is 5.13. The van der Waals surface area contributed by atoms with Gasteiger partial charge in [0.2, 0.25) is 0 Å². The summed E-state index contributed by atoms with van der Waals surface area (Å²) in [7, 11) is 0. The van der Waals surface area contributed by atoms with E-state index in [2.05, 4.69) is 4.98 Å². The molecule has 1 heterocycles. The Bertz CT molecular complexity index is 519. The highest BCUT2D eigenvalue weighted by atomic mass is 16.6. The monoisotopic (exact) mass is 232 g/mol. The average molecular weight is 232 g/mol. The van der Waals surface area contributed by atoms with Crippen molar-refractivity contribution in [3.8, 4) is 0 Å². The lowest BCUT2D eigenvalue weighted by atomic mass is 10.2. The number of aromatic nitrogens is 2. The van der Waals surface area contributed by atoms with Crippen molar-refractivity contribution >= 4 is 5.69 Å². The van der Waals surface area contributed by atoms with E-state index in [1.54, 1.807) is 18.5 Å². The van der Waals surface area contributed by atoms with Gasteiger partial charge in [0.05, 0.1) is 16.9 Å². The third-order valence-corrected chi connectivity index (χ3v) is 2.41. The topological polar surface area (TPSA) is 87.0 Å². The lowest BCUT2D eigenvalue weighted by molar-refractivity contribution is -0.384. The Balaban J connectivity index is 2.10. The summed E-state index contributed by atoms with van der Waals surface area (Å²) in [6.07, 6.45) is 3.56. The standard InChI is InChI=1S/C11H12N4O2/c12-5-10-7-14(8-13-10)6-9-1-3-11(4-2-9)15(16)17/h1-4,7-8H,5-6,12H2. The van der Waals surface area contributed by atoms with Crippen LogP contribution < -0.4 is 5.73 Å². The number of nitro benzene ring substituents is 1. The predicted octanol–water partition coefficient (Wildman–Crippen LogP) is 1.30. The lowest BCUT2D eigenvalue weighted by Gasteiger charge is -2.01. The molecule has 2 N–H and O–H groups in total. The van der Waals surface area contributed by atoms with Crippen molar-refractivity contribution in [2.75, 3.05) is 0 Å². The van der Waals surface area contributed by atoms with Gasteiger partial charge in [-0.15, -0.1) is 0 Å². The van der Waals surface area contributed by atoms with Crippen molar-refractivity contribution in [3.05, 3.63) is 58.2 Å². The van der Waals surface area contributed by atoms with Gasteiger partial charge in [-0.25, -0.2) is 4.98 Å². The maximum absolute atomic E-state index is 10.5. The van der Waals surface area contributed by atoms with Crippen molar-refractivity contribution in [1.29, 1.82) is 0 Å². The second kappa shape index (κ2) is 4.75. The highest BCUT2D eigenvalue weighted by Crippen LogP contribution is 2.12. The zero-order chi connectivity index (χ0) is 12.3. The lowest BCUT2D eigenvalue weighted by Crippen LogP contribution is -1.98. The number of rotatable bonds is 4. The van der Waals surface area contributed by atoms with Crippen LogP contribution in [0, 0.1) is 10.1 Å². The average Bonchev–Trinajstić information content (AvgIpc) is 2.77. The quantitative estimate of drug-likeness (QED) is 0.635. The first kappa shape index (κ1) is 11.3. The SMILES string of the molecule is NCc1cn(Cc2ccc([N+](=O)[O-])cc2)cn1. The molecule has 6 heteroatoms. The van der Waals surface area contributed by atoms with Crippen molar-refractivity contribution in [1.82, 2.24) is 9.55 Å². The highest BCUT2D eigenvalue weighted by molar-refractivity contribution is 5.32. The first-order valence-corrected chi connectivity index (χ1v) is 5.13. The Morgan fingerprint density at radius 3 is 2.59 bits per heavy atom. The normalized spacial score (nSPS) is 10.4. The largest absolute Gasteiger partial charge is 0.333 e. The van der Waals surface area contributed by atoms with E-state index in [1.165, 1.54) is 12.1 Å². The van der Waals surface area contributed by atoms with E-state index in [0.717, 1.165) is 11.3 Å². The molecule has 0 atom stereocenters. The van der Waals surface area contributed by atoms with Gasteiger partial charge in [0, 0.05) is 31.4 Å². The van der Waals surface area contributed by atoms with Crippen LogP contribution in [0.25, 0.3) is 0 Å². The van der Waals surface area contributed by atoms with Gasteiger partial charge in [0.15, 0.2) is 0 Å². The summed E-state index contributed by atoms with van der Waals surface area (Å²) in [4.78, 5) is 14.2. The molecule has 2 aromatic rings. The van der Waals surface area contributed by atoms with Gasteiger partial charge in [-0.05, 0) is 5.56 Å². The Hall–Kier alpha value is -2.21. The number of benzene rings is 1. The number of imidazole rings is 1. The van der Waals surface area contributed by atoms with E-state index in [-0.39, 0.29) is 5.69 Å². The van der Waals surface area contributed by atoms with Crippen molar-refractivity contribution in [3.63, 3.8) is 0 Å². The van der Waals surface area contributed by atoms with Crippen LogP contribution in [0.3, 0.4) is 0 Å². The smallest absolute Gasteiger partial charge is 0.269 e. The van der Waals surface area contributed by atoms with E-state index in [1.807, 2.05) is 10.8 Å². The van der Waals surface area contributed by atoms with E-state index in [0.29, 0.717) is 13.1 Å². The third kappa shape index (κ3) is 2.67. The second-order valence-electron chi connectivity index (χ2n) is 3.67. The zero-order valence-electron chi connectivity index (χ0n) is 9.11. The minimum Gasteiger partial charge on any atom is -0.333 e. The number of hydrogen-bond donors (Lipinski definition) is 1. The summed E-state index contributed by atoms with van der Waals surface area (Å²) in [6.45, 7) is 1.04. The van der Waals surface area contributed by atoms with E-state index in [4.69, 9.17) is 5.73 Å². The van der Waals surface area contributed by atoms with E-state index < -0.39 is 4.92 Å². The van der Waals surface area contributed by atoms with Crippen LogP contribution in [0.4, 0.5) is 5.69 Å². The summed E-state index contributed by atoms with van der Waals surface area (Å²) < 4.78 is 1.89. The number of hydrogen-bond acceptors (Lipinski definition) is 4. The molecule has 6 nitrogen and oxygen atoms in total. The molecular formula is C11H12N4O2. The third-order valence-electron chi connectivity index (χ3n) is 2.41. The molecule has 0 unspecified atom stereocenters. The minimum atomic E-state index is -0.409. The Morgan fingerprint density at radius 1 is 1.35 bits per heavy atom. The highest BCUT2D eigenvalue weighted by Gasteiger charge is 2.04. The summed E-state index contributed by atoms with van der Waals surface area (Å²) in [5.41, 5.74) is 7.37. The zero-order valence-corrected chi connectivity index (χ0v) is 9.11. The molecule has 88 valence electrons. The molecule has 0 spiro atoms. The molecule has 0 amide bonds. The fourth-order valence-corrected chi connectivity index (χ4v) is 1.53. The fourth-order valence-electron chi connectivity index (χ4n) is 1.53. The first-order chi connectivity index (χ1) is 8.19. The Kier molecular flexibility index (Phi) is 3.15. The van der Waals surface area contributed by atoms with Crippen molar-refractivity contribution in [2.45, 2.75) is 13.1 Å². The Labute approximate surface area is 97.9 Å². The molecule has 0 aliphatic heterocycles. The van der Waals surface area contributed by atoms with Gasteiger partial charge < -0.3 is 10.3 Å². The summed E-state index contributed by atoms with van der Waals surface area (Å²) in [5.74, 6) is 0. The summed E-state index contributed by atoms with van der Waals surface area (Å²) in [6, 6.07) is 6.46. The number of nitro groups is 1. The van der Waals surface area contributed by atoms with Crippen LogP contribution in [-0.2, 0) is 13.1 Å². The molecule has 0 radical (unpaired) electrons. The molecular weight excluding hydrogens is 220 g/mol. The molecule has 0 aliphatic carbocycles. The molecule has 0 aliphatic rings. The van der Waals surface area contributed by atoms with Crippen LogP contribution in [0.2, 0.25) is 0 Å². The molecule has 17 heavy (non-hydrogen) atoms. The molecule has 1 aromatic heterocycles. The van der Waals surface area contributed by atoms with Gasteiger partial charge in [0.25, 0.3) is 5.69 Å². The van der Waals surface area contributed by atoms with Crippen LogP contribution >= 0.6 is 0 Å². The summed E-state index contributed by atoms with van der Waals surface area (Å²) >= 11 is 0. The summed E-state index contributed by atoms with van der Waals surface area (Å²) in [5, 5.41) is 10.5. The number of nitrogens with two attached hydrogens (primary N) is 1. The number of non-ortho nitro benzene ring substituents is 1. The van der Waals surface area contributed by atoms with Gasteiger partial charge in [-0.3, -0.25) is 10.1 Å². The van der Waals surface area contributed by atoms with Crippen molar-refractivity contribution in [2.24, 2.45) is 5.73 Å². The van der Waals surface area contributed by atoms with Gasteiger partial charge >= 0.3 is 0 Å². The minimum absolute atomic E-state index is 0.0991. The van der Waals surface area contributed by atoms with Crippen LogP contribution in [-0.4, -0.2) is 14.5 Å². The van der Waals surface area contributed by atoms with Crippen LogP contribution in [0.5, 0.6) is 0 Å². The fraction of sp³-hybridized carbons (Fsp3) is 0.182. The Morgan fingerprint density at radius 2 is 2.06 bits per heavy atom. The van der Waals surface area contributed by atoms with E-state index >= 15 is 0 Å². The van der Waals surface area contributed by atoms with Crippen molar-refractivity contribution < 1.29 is 4.92 Å². The predicted molar refractivity (Wildman–Crippen MR) is 62.3 cm³/mol. The van der Waals surface area contributed by atoms with E-state index in [9.17, 15) is 10.1 Å². The van der Waals surface area contributed by atoms with Gasteiger partial charge in [0.1, 0.15) is 0 Å². The molecule has 1 aromatic carbocycles. The number of nitrogens with zero attached hydrogens (tertiary/aromatic N) is 3. The maximum atomic E-state index is 10.5. The maximum Gasteiger partial charge on any atom is 0.269 e. The van der Waals surface area contributed by atoms with Gasteiger partial charge in [-0.2, -0.15) is 0 Å². The molecule has 0 bridgehead atoms. The molecule has 0 saturated heterocycles.